The number of hydrogen-bond donors (Lipinski definition) is 1. The molecule has 0 fully saturated rings. The Morgan fingerprint density at radius 3 is 2.30 bits per heavy atom. The van der Waals surface area contributed by atoms with Gasteiger partial charge in [-0.1, -0.05) is 69.3 Å². The van der Waals surface area contributed by atoms with Gasteiger partial charge in [-0.15, -0.1) is 0 Å². The van der Waals surface area contributed by atoms with E-state index < -0.39 is 0 Å². The highest BCUT2D eigenvalue weighted by molar-refractivity contribution is 5.58. The van der Waals surface area contributed by atoms with Crippen molar-refractivity contribution in [2.24, 2.45) is 4.99 Å². The Kier molecular flexibility index (Phi) is 5.62. The third-order valence-corrected chi connectivity index (χ3v) is 6.36. The molecule has 0 radical (unpaired) electrons. The lowest BCUT2D eigenvalue weighted by molar-refractivity contribution is 0.282. The lowest BCUT2D eigenvalue weighted by Gasteiger charge is -2.19. The van der Waals surface area contributed by atoms with Gasteiger partial charge in [0, 0.05) is 37.8 Å². The number of fused-ring (bicyclic) bond motifs is 2. The SMILES string of the molecule is CC(C)(C)c1ccc(-c2nc3n(c(=NCCCN4Cc5ccccc5C4)n2)CC(O)=C3)cc1. The molecule has 2 aromatic carbocycles. The minimum atomic E-state index is 0.0961. The normalized spacial score (nSPS) is 16.1. The quantitative estimate of drug-likeness (QED) is 0.594. The summed E-state index contributed by atoms with van der Waals surface area (Å²) in [4.78, 5) is 16.7. The molecule has 0 unspecified atom stereocenters. The summed E-state index contributed by atoms with van der Waals surface area (Å²) in [6.07, 6.45) is 2.66. The van der Waals surface area contributed by atoms with Crippen LogP contribution >= 0.6 is 0 Å². The average Bonchev–Trinajstić information content (AvgIpc) is 3.38. The van der Waals surface area contributed by atoms with Crippen molar-refractivity contribution in [3.63, 3.8) is 0 Å². The van der Waals surface area contributed by atoms with Gasteiger partial charge in [0.1, 0.15) is 11.6 Å². The number of nitrogens with zero attached hydrogens (tertiary/aromatic N) is 5. The van der Waals surface area contributed by atoms with Gasteiger partial charge in [0.05, 0.1) is 6.54 Å². The van der Waals surface area contributed by atoms with Crippen molar-refractivity contribution in [3.8, 4) is 11.4 Å². The van der Waals surface area contributed by atoms with Crippen LogP contribution in [0.2, 0.25) is 0 Å². The van der Waals surface area contributed by atoms with Crippen LogP contribution in [0.1, 0.15) is 49.7 Å². The number of benzene rings is 2. The van der Waals surface area contributed by atoms with Gasteiger partial charge in [0.15, 0.2) is 5.82 Å². The summed E-state index contributed by atoms with van der Waals surface area (Å²) in [5.74, 6) is 1.63. The molecule has 0 spiro atoms. The van der Waals surface area contributed by atoms with Gasteiger partial charge in [-0.2, -0.15) is 4.98 Å². The van der Waals surface area contributed by atoms with Crippen molar-refractivity contribution in [3.05, 3.63) is 82.4 Å². The maximum Gasteiger partial charge on any atom is 0.228 e. The Labute approximate surface area is 195 Å². The minimum Gasteiger partial charge on any atom is -0.510 e. The number of rotatable bonds is 5. The Morgan fingerprint density at radius 1 is 0.939 bits per heavy atom. The predicted molar refractivity (Wildman–Crippen MR) is 130 cm³/mol. The first-order chi connectivity index (χ1) is 15.9. The average molecular weight is 442 g/mol. The Balaban J connectivity index is 1.33. The Hall–Kier alpha value is -3.25. The fourth-order valence-electron chi connectivity index (χ4n) is 4.47. The molecule has 170 valence electrons. The highest BCUT2D eigenvalue weighted by atomic mass is 16.3. The molecule has 0 amide bonds. The summed E-state index contributed by atoms with van der Waals surface area (Å²) in [6.45, 7) is 10.7. The Bertz CT molecular complexity index is 1240. The smallest absolute Gasteiger partial charge is 0.228 e. The van der Waals surface area contributed by atoms with E-state index >= 15 is 0 Å². The molecule has 33 heavy (non-hydrogen) atoms. The zero-order chi connectivity index (χ0) is 23.0. The number of aliphatic hydroxyl groups excluding tert-OH is 1. The molecule has 6 heteroatoms. The first kappa shape index (κ1) is 21.6. The van der Waals surface area contributed by atoms with Gasteiger partial charge in [-0.3, -0.25) is 14.5 Å². The van der Waals surface area contributed by atoms with Crippen molar-refractivity contribution in [2.45, 2.75) is 52.2 Å². The van der Waals surface area contributed by atoms with Crippen molar-refractivity contribution in [2.75, 3.05) is 13.1 Å². The van der Waals surface area contributed by atoms with Crippen LogP contribution in [-0.4, -0.2) is 37.6 Å². The summed E-state index contributed by atoms with van der Waals surface area (Å²) in [6, 6.07) is 17.1. The van der Waals surface area contributed by atoms with E-state index in [4.69, 9.17) is 9.98 Å². The lowest BCUT2D eigenvalue weighted by atomic mass is 9.87. The molecule has 2 aliphatic heterocycles. The molecule has 0 aliphatic carbocycles. The van der Waals surface area contributed by atoms with Crippen molar-refractivity contribution in [1.29, 1.82) is 0 Å². The van der Waals surface area contributed by atoms with Crippen LogP contribution < -0.4 is 5.62 Å². The summed E-state index contributed by atoms with van der Waals surface area (Å²) in [5, 5.41) is 10.1. The maximum atomic E-state index is 10.1. The maximum absolute atomic E-state index is 10.1. The van der Waals surface area contributed by atoms with Crippen LogP contribution in [0.4, 0.5) is 0 Å². The van der Waals surface area contributed by atoms with E-state index in [0.717, 1.165) is 31.6 Å². The van der Waals surface area contributed by atoms with Crippen LogP contribution in [-0.2, 0) is 25.0 Å². The fraction of sp³-hybridized carbons (Fsp3) is 0.370. The highest BCUT2D eigenvalue weighted by Crippen LogP contribution is 2.25. The van der Waals surface area contributed by atoms with Crippen LogP contribution in [0.15, 0.2) is 59.3 Å². The number of allylic oxidation sites excluding steroid dienone is 1. The second-order valence-corrected chi connectivity index (χ2v) is 9.97. The molecule has 3 heterocycles. The second kappa shape index (κ2) is 8.60. The van der Waals surface area contributed by atoms with Crippen molar-refractivity contribution in [1.82, 2.24) is 19.4 Å². The molecule has 1 aromatic heterocycles. The third kappa shape index (κ3) is 4.62. The van der Waals surface area contributed by atoms with E-state index in [-0.39, 0.29) is 11.2 Å². The molecule has 5 rings (SSSR count). The predicted octanol–water partition coefficient (Wildman–Crippen LogP) is 4.46. The first-order valence-electron chi connectivity index (χ1n) is 11.7. The molecular weight excluding hydrogens is 410 g/mol. The summed E-state index contributed by atoms with van der Waals surface area (Å²) < 4.78 is 1.88. The number of aromatic nitrogens is 3. The van der Waals surface area contributed by atoms with Crippen LogP contribution in [0, 0.1) is 0 Å². The lowest BCUT2D eigenvalue weighted by Crippen LogP contribution is -2.27. The van der Waals surface area contributed by atoms with E-state index in [1.807, 2.05) is 4.57 Å². The second-order valence-electron chi connectivity index (χ2n) is 9.97. The molecular formula is C27H31N5O. The van der Waals surface area contributed by atoms with E-state index in [1.54, 1.807) is 6.08 Å². The number of aliphatic hydroxyl groups is 1. The Morgan fingerprint density at radius 2 is 1.64 bits per heavy atom. The summed E-state index contributed by atoms with van der Waals surface area (Å²) in [5.41, 5.74) is 5.81. The minimum absolute atomic E-state index is 0.0961. The molecule has 2 aliphatic rings. The van der Waals surface area contributed by atoms with Crippen LogP contribution in [0.25, 0.3) is 17.5 Å². The molecule has 0 atom stereocenters. The van der Waals surface area contributed by atoms with Gasteiger partial charge in [0.25, 0.3) is 0 Å². The highest BCUT2D eigenvalue weighted by Gasteiger charge is 2.19. The third-order valence-electron chi connectivity index (χ3n) is 6.36. The molecule has 1 N–H and O–H groups in total. The summed E-state index contributed by atoms with van der Waals surface area (Å²) >= 11 is 0. The van der Waals surface area contributed by atoms with Crippen molar-refractivity contribution >= 4 is 6.08 Å². The monoisotopic (exact) mass is 441 g/mol. The molecule has 0 saturated heterocycles. The van der Waals surface area contributed by atoms with Gasteiger partial charge >= 0.3 is 0 Å². The van der Waals surface area contributed by atoms with Crippen LogP contribution in [0.5, 0.6) is 0 Å². The van der Waals surface area contributed by atoms with E-state index in [2.05, 4.69) is 79.2 Å². The van der Waals surface area contributed by atoms with E-state index in [0.29, 0.717) is 30.4 Å². The first-order valence-corrected chi connectivity index (χ1v) is 11.7. The zero-order valence-electron chi connectivity index (χ0n) is 19.6. The topological polar surface area (TPSA) is 66.5 Å². The fourth-order valence-corrected chi connectivity index (χ4v) is 4.47. The van der Waals surface area contributed by atoms with E-state index in [1.165, 1.54) is 16.7 Å². The van der Waals surface area contributed by atoms with Crippen LogP contribution in [0.3, 0.4) is 0 Å². The molecule has 6 nitrogen and oxygen atoms in total. The van der Waals surface area contributed by atoms with Crippen molar-refractivity contribution < 1.29 is 5.11 Å². The van der Waals surface area contributed by atoms with Gasteiger partial charge in [-0.05, 0) is 28.5 Å². The number of hydrogen-bond acceptors (Lipinski definition) is 5. The summed E-state index contributed by atoms with van der Waals surface area (Å²) in [7, 11) is 0. The van der Waals surface area contributed by atoms with E-state index in [9.17, 15) is 5.11 Å². The van der Waals surface area contributed by atoms with Gasteiger partial charge in [0.2, 0.25) is 5.62 Å². The largest absolute Gasteiger partial charge is 0.510 e. The standard InChI is InChI=1S/C27H31N5O/c1-27(2,3)22-11-9-19(10-12-22)25-29-24-15-23(33)18-32(24)26(30-25)28-13-6-14-31-16-20-7-4-5-8-21(20)17-31/h4-5,7-12,15,33H,6,13-14,16-18H2,1-3H3. The van der Waals surface area contributed by atoms with Gasteiger partial charge < -0.3 is 5.11 Å². The molecule has 0 bridgehead atoms. The molecule has 3 aromatic rings. The molecule has 0 saturated carbocycles. The van der Waals surface area contributed by atoms with Gasteiger partial charge in [-0.25, -0.2) is 4.98 Å². The zero-order valence-corrected chi connectivity index (χ0v) is 19.6.